The minimum Gasteiger partial charge on any atom is -0.501 e. The average molecular weight is 307 g/mol. The molecule has 0 fully saturated rings. The fraction of sp³-hybridized carbons (Fsp3) is 0.667. The van der Waals surface area contributed by atoms with Crippen molar-refractivity contribution in [3.05, 3.63) is 23.5 Å². The molecule has 4 heteroatoms. The van der Waals surface area contributed by atoms with Gasteiger partial charge >= 0.3 is 0 Å². The van der Waals surface area contributed by atoms with Crippen molar-refractivity contribution in [1.29, 1.82) is 0 Å². The maximum absolute atomic E-state index is 5.59. The van der Waals surface area contributed by atoms with Gasteiger partial charge < -0.3 is 10.5 Å². The second kappa shape index (κ2) is 12.2. The molecule has 0 aromatic heterocycles. The molecule has 0 atom stereocenters. The predicted octanol–water partition coefficient (Wildman–Crippen LogP) is 3.78. The van der Waals surface area contributed by atoms with Gasteiger partial charge in [0.05, 0.1) is 26.0 Å². The minimum absolute atomic E-state index is 0.541. The Bertz CT molecular complexity index is 432. The number of hydrogen-bond acceptors (Lipinski definition) is 4. The van der Waals surface area contributed by atoms with Gasteiger partial charge in [0.2, 0.25) is 0 Å². The van der Waals surface area contributed by atoms with E-state index in [1.165, 1.54) is 5.57 Å². The Morgan fingerprint density at radius 3 is 2.05 bits per heavy atom. The molecule has 0 amide bonds. The molecule has 22 heavy (non-hydrogen) atoms. The summed E-state index contributed by atoms with van der Waals surface area (Å²) in [5.41, 5.74) is 9.05. The van der Waals surface area contributed by atoms with Crippen LogP contribution in [0, 0.1) is 5.92 Å². The maximum atomic E-state index is 5.59. The third kappa shape index (κ3) is 10.3. The second-order valence-electron chi connectivity index (χ2n) is 5.77. The lowest BCUT2D eigenvalue weighted by molar-refractivity contribution is 0.294. The van der Waals surface area contributed by atoms with E-state index < -0.39 is 0 Å². The zero-order chi connectivity index (χ0) is 17.0. The van der Waals surface area contributed by atoms with E-state index in [0.29, 0.717) is 19.0 Å². The van der Waals surface area contributed by atoms with E-state index in [2.05, 4.69) is 36.8 Å². The van der Waals surface area contributed by atoms with Crippen molar-refractivity contribution >= 4 is 11.4 Å². The first-order valence-corrected chi connectivity index (χ1v) is 8.05. The van der Waals surface area contributed by atoms with E-state index in [9.17, 15) is 0 Å². The first-order valence-electron chi connectivity index (χ1n) is 8.05. The summed E-state index contributed by atoms with van der Waals surface area (Å²) in [6, 6.07) is 0. The molecule has 0 radical (unpaired) electrons. The number of ether oxygens (including phenoxy) is 1. The average Bonchev–Trinajstić information content (AvgIpc) is 2.47. The van der Waals surface area contributed by atoms with Gasteiger partial charge in [-0.1, -0.05) is 19.4 Å². The quantitative estimate of drug-likeness (QED) is 0.379. The van der Waals surface area contributed by atoms with E-state index in [1.54, 1.807) is 7.11 Å². The molecule has 126 valence electrons. The van der Waals surface area contributed by atoms with Crippen LogP contribution in [0.2, 0.25) is 0 Å². The van der Waals surface area contributed by atoms with Crippen LogP contribution in [-0.4, -0.2) is 38.2 Å². The van der Waals surface area contributed by atoms with Crippen LogP contribution in [-0.2, 0) is 4.74 Å². The number of allylic oxidation sites excluding steroid dienone is 4. The molecule has 2 N–H and O–H groups in total. The lowest BCUT2D eigenvalue weighted by Gasteiger charge is -2.10. The summed E-state index contributed by atoms with van der Waals surface area (Å²) < 4.78 is 5.10. The van der Waals surface area contributed by atoms with Gasteiger partial charge in [0, 0.05) is 11.4 Å². The van der Waals surface area contributed by atoms with Crippen LogP contribution in [0.3, 0.4) is 0 Å². The molecule has 0 spiro atoms. The number of hydrogen-bond donors (Lipinski definition) is 1. The zero-order valence-electron chi connectivity index (χ0n) is 15.1. The van der Waals surface area contributed by atoms with E-state index >= 15 is 0 Å². The molecule has 0 rings (SSSR count). The van der Waals surface area contributed by atoms with Crippen molar-refractivity contribution in [3.63, 3.8) is 0 Å². The Kier molecular flexibility index (Phi) is 11.4. The van der Waals surface area contributed by atoms with E-state index in [1.807, 2.05) is 19.9 Å². The van der Waals surface area contributed by atoms with Crippen LogP contribution in [0.1, 0.15) is 47.5 Å². The Balaban J connectivity index is 4.51. The SMILES string of the molecule is CO/C(C)=C\C(C)=NCCN=C(C)/C=C(/CCCN)C(C)C. The first-order chi connectivity index (χ1) is 10.4. The normalized spacial score (nSPS) is 14.7. The Morgan fingerprint density at radius 1 is 1.05 bits per heavy atom. The molecule has 0 aliphatic carbocycles. The molecule has 0 heterocycles. The molecular formula is C18H33N3O. The van der Waals surface area contributed by atoms with Crippen LogP contribution >= 0.6 is 0 Å². The van der Waals surface area contributed by atoms with Gasteiger partial charge in [0.1, 0.15) is 0 Å². The Labute approximate surface area is 136 Å². The van der Waals surface area contributed by atoms with Crippen LogP contribution < -0.4 is 5.73 Å². The standard InChI is InChI=1S/C18H33N3O/c1-14(2)18(8-7-9-19)13-16(4)21-11-10-20-15(3)12-17(5)22-6/h12-14H,7-11,19H2,1-6H3/b17-12-,18-13-,20-15?,21-16?. The number of nitrogens with two attached hydrogens (primary N) is 1. The highest BCUT2D eigenvalue weighted by Crippen LogP contribution is 2.15. The summed E-state index contributed by atoms with van der Waals surface area (Å²) in [4.78, 5) is 9.04. The first kappa shape index (κ1) is 20.6. The van der Waals surface area contributed by atoms with Gasteiger partial charge in [-0.2, -0.15) is 0 Å². The summed E-state index contributed by atoms with van der Waals surface area (Å²) in [5.74, 6) is 1.41. The van der Waals surface area contributed by atoms with Gasteiger partial charge in [-0.15, -0.1) is 0 Å². The summed E-state index contributed by atoms with van der Waals surface area (Å²) >= 11 is 0. The third-order valence-corrected chi connectivity index (χ3v) is 3.36. The highest BCUT2D eigenvalue weighted by Gasteiger charge is 2.03. The van der Waals surface area contributed by atoms with Crippen molar-refractivity contribution in [2.75, 3.05) is 26.7 Å². The highest BCUT2D eigenvalue weighted by atomic mass is 16.5. The molecule has 0 unspecified atom stereocenters. The topological polar surface area (TPSA) is 60.0 Å². The van der Waals surface area contributed by atoms with Crippen molar-refractivity contribution in [2.24, 2.45) is 21.6 Å². The fourth-order valence-corrected chi connectivity index (χ4v) is 2.00. The van der Waals surface area contributed by atoms with Gasteiger partial charge in [0.15, 0.2) is 0 Å². The summed E-state index contributed by atoms with van der Waals surface area (Å²) in [6.07, 6.45) is 6.22. The fourth-order valence-electron chi connectivity index (χ4n) is 2.00. The van der Waals surface area contributed by atoms with Crippen LogP contribution in [0.25, 0.3) is 0 Å². The van der Waals surface area contributed by atoms with E-state index in [-0.39, 0.29) is 0 Å². The van der Waals surface area contributed by atoms with E-state index in [4.69, 9.17) is 10.5 Å². The molecule has 0 saturated carbocycles. The molecule has 0 saturated heterocycles. The lowest BCUT2D eigenvalue weighted by atomic mass is 9.97. The van der Waals surface area contributed by atoms with Crippen LogP contribution in [0.4, 0.5) is 0 Å². The summed E-state index contributed by atoms with van der Waals surface area (Å²) in [7, 11) is 1.66. The molecule has 4 nitrogen and oxygen atoms in total. The third-order valence-electron chi connectivity index (χ3n) is 3.36. The van der Waals surface area contributed by atoms with Gasteiger partial charge in [0.25, 0.3) is 0 Å². The Morgan fingerprint density at radius 2 is 1.59 bits per heavy atom. The smallest absolute Gasteiger partial charge is 0.0942 e. The van der Waals surface area contributed by atoms with Crippen molar-refractivity contribution in [2.45, 2.75) is 47.5 Å². The lowest BCUT2D eigenvalue weighted by Crippen LogP contribution is -2.04. The minimum atomic E-state index is 0.541. The number of rotatable bonds is 10. The predicted molar refractivity (Wildman–Crippen MR) is 97.9 cm³/mol. The molecule has 0 aliphatic rings. The molecule has 0 aliphatic heterocycles. The maximum Gasteiger partial charge on any atom is 0.0942 e. The van der Waals surface area contributed by atoms with Crippen molar-refractivity contribution in [1.82, 2.24) is 0 Å². The number of methoxy groups -OCH3 is 1. The number of aliphatic imine (C=N–C) groups is 2. The van der Waals surface area contributed by atoms with Gasteiger partial charge in [-0.25, -0.2) is 0 Å². The Hall–Kier alpha value is -1.42. The van der Waals surface area contributed by atoms with E-state index in [0.717, 1.165) is 36.6 Å². The molecule has 0 bridgehead atoms. The molecule has 0 aromatic rings. The monoisotopic (exact) mass is 307 g/mol. The molecule has 0 aromatic carbocycles. The zero-order valence-corrected chi connectivity index (χ0v) is 15.1. The van der Waals surface area contributed by atoms with Crippen molar-refractivity contribution in [3.8, 4) is 0 Å². The summed E-state index contributed by atoms with van der Waals surface area (Å²) in [6.45, 7) is 12.5. The van der Waals surface area contributed by atoms with Crippen LogP contribution in [0.5, 0.6) is 0 Å². The van der Waals surface area contributed by atoms with Crippen molar-refractivity contribution < 1.29 is 4.74 Å². The number of nitrogens with zero attached hydrogens (tertiary/aromatic N) is 2. The molecular weight excluding hydrogens is 274 g/mol. The van der Waals surface area contributed by atoms with Gasteiger partial charge in [-0.05, 0) is 58.2 Å². The second-order valence-corrected chi connectivity index (χ2v) is 5.77. The highest BCUT2D eigenvalue weighted by molar-refractivity contribution is 5.94. The van der Waals surface area contributed by atoms with Gasteiger partial charge in [-0.3, -0.25) is 9.98 Å². The van der Waals surface area contributed by atoms with Crippen LogP contribution in [0.15, 0.2) is 33.5 Å². The largest absolute Gasteiger partial charge is 0.501 e. The summed E-state index contributed by atoms with van der Waals surface area (Å²) in [5, 5.41) is 0.